The van der Waals surface area contributed by atoms with Crippen molar-refractivity contribution in [1.29, 1.82) is 0 Å². The molecule has 4 aromatic rings. The molecule has 6 nitrogen and oxygen atoms in total. The van der Waals surface area contributed by atoms with Gasteiger partial charge in [0.25, 0.3) is 5.91 Å². The molecular weight excluding hydrogens is 442 g/mol. The summed E-state index contributed by atoms with van der Waals surface area (Å²) < 4.78 is 6.20. The largest absolute Gasteiger partial charge is 0.456 e. The third-order valence-corrected chi connectivity index (χ3v) is 7.06. The molecule has 1 aliphatic heterocycles. The highest BCUT2D eigenvalue weighted by Gasteiger charge is 2.23. The standard InChI is InChI=1S/C24H19N3O3S2/c28-22(26-24-25-16-7-1-4-10-19(16)32-24)15-30-23(29)13-14-27-17-8-2-5-11-20(17)31-21-12-6-3-9-18(21)27/h1-12H,13-15H2,(H,25,26,28). The van der Waals surface area contributed by atoms with Crippen molar-refractivity contribution in [2.24, 2.45) is 0 Å². The average molecular weight is 462 g/mol. The lowest BCUT2D eigenvalue weighted by Crippen LogP contribution is -2.26. The lowest BCUT2D eigenvalue weighted by molar-refractivity contribution is -0.147. The van der Waals surface area contributed by atoms with Crippen LogP contribution in [0.2, 0.25) is 0 Å². The maximum absolute atomic E-state index is 12.4. The van der Waals surface area contributed by atoms with E-state index in [1.165, 1.54) is 11.3 Å². The number of hydrogen-bond donors (Lipinski definition) is 1. The van der Waals surface area contributed by atoms with E-state index in [0.717, 1.165) is 31.4 Å². The van der Waals surface area contributed by atoms with Crippen molar-refractivity contribution >= 4 is 61.7 Å². The van der Waals surface area contributed by atoms with E-state index in [1.54, 1.807) is 11.8 Å². The number of aromatic nitrogens is 1. The van der Waals surface area contributed by atoms with Crippen LogP contribution in [0.3, 0.4) is 0 Å². The molecule has 0 fully saturated rings. The molecule has 32 heavy (non-hydrogen) atoms. The number of benzene rings is 3. The normalized spacial score (nSPS) is 12.2. The summed E-state index contributed by atoms with van der Waals surface area (Å²) in [4.78, 5) is 33.3. The lowest BCUT2D eigenvalue weighted by atomic mass is 10.2. The van der Waals surface area contributed by atoms with Gasteiger partial charge < -0.3 is 9.64 Å². The summed E-state index contributed by atoms with van der Waals surface area (Å²) in [5.74, 6) is -0.819. The molecule has 0 bridgehead atoms. The van der Waals surface area contributed by atoms with Crippen LogP contribution in [0.5, 0.6) is 0 Å². The summed E-state index contributed by atoms with van der Waals surface area (Å²) >= 11 is 3.10. The lowest BCUT2D eigenvalue weighted by Gasteiger charge is -2.32. The molecule has 160 valence electrons. The van der Waals surface area contributed by atoms with Gasteiger partial charge in [0.15, 0.2) is 11.7 Å². The number of nitrogens with one attached hydrogen (secondary N) is 1. The fraction of sp³-hybridized carbons (Fsp3) is 0.125. The SMILES string of the molecule is O=C(COC(=O)CCN1c2ccccc2Sc2ccccc21)Nc1nc2ccccc2s1. The van der Waals surface area contributed by atoms with Gasteiger partial charge in [0.1, 0.15) is 0 Å². The number of thiazole rings is 1. The van der Waals surface area contributed by atoms with Crippen LogP contribution >= 0.6 is 23.1 Å². The number of amides is 1. The van der Waals surface area contributed by atoms with E-state index in [-0.39, 0.29) is 13.0 Å². The summed E-state index contributed by atoms with van der Waals surface area (Å²) in [5, 5.41) is 3.19. The Hall–Kier alpha value is -3.36. The second-order valence-electron chi connectivity index (χ2n) is 7.13. The molecule has 0 atom stereocenters. The Morgan fingerprint density at radius 3 is 2.28 bits per heavy atom. The molecular formula is C24H19N3O3S2. The van der Waals surface area contributed by atoms with Gasteiger partial charge in [-0.05, 0) is 36.4 Å². The molecule has 1 amide bonds. The number of carbonyl (C=O) groups is 2. The van der Waals surface area contributed by atoms with Crippen LogP contribution in [0.1, 0.15) is 6.42 Å². The first kappa shape index (κ1) is 20.5. The monoisotopic (exact) mass is 461 g/mol. The van der Waals surface area contributed by atoms with E-state index in [9.17, 15) is 9.59 Å². The summed E-state index contributed by atoms with van der Waals surface area (Å²) in [6, 6.07) is 23.9. The number of hydrogen-bond acceptors (Lipinski definition) is 7. The van der Waals surface area contributed by atoms with Crippen LogP contribution in [-0.4, -0.2) is 30.0 Å². The van der Waals surface area contributed by atoms with E-state index in [2.05, 4.69) is 39.5 Å². The molecule has 3 aromatic carbocycles. The number of nitrogens with zero attached hydrogens (tertiary/aromatic N) is 2. The molecule has 2 heterocycles. The van der Waals surface area contributed by atoms with Gasteiger partial charge in [-0.25, -0.2) is 4.98 Å². The number of carbonyl (C=O) groups excluding carboxylic acids is 2. The van der Waals surface area contributed by atoms with Gasteiger partial charge >= 0.3 is 5.97 Å². The first-order valence-electron chi connectivity index (χ1n) is 10.1. The van der Waals surface area contributed by atoms with Gasteiger partial charge in [0.05, 0.1) is 28.0 Å². The number of esters is 1. The molecule has 1 N–H and O–H groups in total. The molecule has 0 unspecified atom stereocenters. The van der Waals surface area contributed by atoms with E-state index in [1.807, 2.05) is 48.5 Å². The molecule has 8 heteroatoms. The van der Waals surface area contributed by atoms with Crippen molar-refractivity contribution in [3.05, 3.63) is 72.8 Å². The Morgan fingerprint density at radius 1 is 0.906 bits per heavy atom. The third kappa shape index (κ3) is 4.32. The Balaban J connectivity index is 1.18. The van der Waals surface area contributed by atoms with Gasteiger partial charge in [-0.3, -0.25) is 14.9 Å². The van der Waals surface area contributed by atoms with E-state index in [0.29, 0.717) is 11.7 Å². The van der Waals surface area contributed by atoms with Crippen LogP contribution in [-0.2, 0) is 14.3 Å². The Bertz CT molecular complexity index is 1230. The minimum Gasteiger partial charge on any atom is -0.456 e. The van der Waals surface area contributed by atoms with Crippen molar-refractivity contribution in [3.8, 4) is 0 Å². The van der Waals surface area contributed by atoms with E-state index >= 15 is 0 Å². The first-order valence-corrected chi connectivity index (χ1v) is 11.8. The highest BCUT2D eigenvalue weighted by atomic mass is 32.2. The minimum absolute atomic E-state index is 0.168. The van der Waals surface area contributed by atoms with E-state index < -0.39 is 11.9 Å². The van der Waals surface area contributed by atoms with Crippen LogP contribution in [0.4, 0.5) is 16.5 Å². The average Bonchev–Trinajstić information content (AvgIpc) is 3.22. The molecule has 0 aliphatic carbocycles. The second-order valence-corrected chi connectivity index (χ2v) is 9.25. The Morgan fingerprint density at radius 2 is 1.56 bits per heavy atom. The summed E-state index contributed by atoms with van der Waals surface area (Å²) in [6.07, 6.45) is 0.168. The van der Waals surface area contributed by atoms with Gasteiger partial charge in [0.2, 0.25) is 0 Å². The topological polar surface area (TPSA) is 71.5 Å². The number of anilines is 3. The third-order valence-electron chi connectivity index (χ3n) is 4.98. The molecule has 0 spiro atoms. The van der Waals surface area contributed by atoms with Crippen molar-refractivity contribution in [2.45, 2.75) is 16.2 Å². The molecule has 1 aliphatic rings. The van der Waals surface area contributed by atoms with Crippen molar-refractivity contribution in [1.82, 2.24) is 4.98 Å². The van der Waals surface area contributed by atoms with Crippen LogP contribution in [0.25, 0.3) is 10.2 Å². The zero-order valence-corrected chi connectivity index (χ0v) is 18.6. The highest BCUT2D eigenvalue weighted by molar-refractivity contribution is 7.99. The summed E-state index contributed by atoms with van der Waals surface area (Å²) in [6.45, 7) is 0.130. The fourth-order valence-corrected chi connectivity index (χ4v) is 5.50. The van der Waals surface area contributed by atoms with Crippen LogP contribution < -0.4 is 10.2 Å². The second kappa shape index (κ2) is 9.02. The molecule has 0 saturated heterocycles. The first-order chi connectivity index (χ1) is 15.7. The highest BCUT2D eigenvalue weighted by Crippen LogP contribution is 2.47. The zero-order valence-electron chi connectivity index (χ0n) is 17.0. The number of rotatable bonds is 6. The Labute approximate surface area is 193 Å². The number of ether oxygens (including phenoxy) is 1. The van der Waals surface area contributed by atoms with E-state index in [4.69, 9.17) is 4.74 Å². The number of fused-ring (bicyclic) bond motifs is 3. The Kier molecular flexibility index (Phi) is 5.79. The van der Waals surface area contributed by atoms with Crippen LogP contribution in [0.15, 0.2) is 82.6 Å². The van der Waals surface area contributed by atoms with Crippen molar-refractivity contribution in [3.63, 3.8) is 0 Å². The molecule has 0 saturated carbocycles. The van der Waals surface area contributed by atoms with Crippen molar-refractivity contribution in [2.75, 3.05) is 23.4 Å². The predicted molar refractivity (Wildman–Crippen MR) is 128 cm³/mol. The van der Waals surface area contributed by atoms with Gasteiger partial charge in [-0.15, -0.1) is 0 Å². The van der Waals surface area contributed by atoms with Gasteiger partial charge in [-0.2, -0.15) is 0 Å². The van der Waals surface area contributed by atoms with Gasteiger partial charge in [-0.1, -0.05) is 59.5 Å². The zero-order chi connectivity index (χ0) is 21.9. The maximum atomic E-state index is 12.4. The quantitative estimate of drug-likeness (QED) is 0.384. The summed E-state index contributed by atoms with van der Waals surface area (Å²) in [7, 11) is 0. The predicted octanol–water partition coefficient (Wildman–Crippen LogP) is 5.47. The molecule has 1 aromatic heterocycles. The van der Waals surface area contributed by atoms with Crippen LogP contribution in [0, 0.1) is 0 Å². The maximum Gasteiger partial charge on any atom is 0.308 e. The fourth-order valence-electron chi connectivity index (χ4n) is 3.52. The minimum atomic E-state index is -0.419. The summed E-state index contributed by atoms with van der Waals surface area (Å²) in [5.41, 5.74) is 2.96. The molecule has 0 radical (unpaired) electrons. The van der Waals surface area contributed by atoms with Crippen molar-refractivity contribution < 1.29 is 14.3 Å². The smallest absolute Gasteiger partial charge is 0.308 e. The van der Waals surface area contributed by atoms with Gasteiger partial charge in [0, 0.05) is 16.3 Å². The number of para-hydroxylation sites is 3. The molecule has 5 rings (SSSR count).